The van der Waals surface area contributed by atoms with Crippen molar-refractivity contribution in [1.29, 1.82) is 0 Å². The van der Waals surface area contributed by atoms with Crippen LogP contribution in [0.15, 0.2) is 46.9 Å². The van der Waals surface area contributed by atoms with Crippen molar-refractivity contribution >= 4 is 11.1 Å². The third-order valence-corrected chi connectivity index (χ3v) is 3.19. The van der Waals surface area contributed by atoms with Crippen molar-refractivity contribution in [3.8, 4) is 5.75 Å². The molecule has 0 aliphatic rings. The van der Waals surface area contributed by atoms with E-state index in [0.29, 0.717) is 12.3 Å². The van der Waals surface area contributed by atoms with E-state index >= 15 is 0 Å². The van der Waals surface area contributed by atoms with Gasteiger partial charge in [-0.3, -0.25) is 0 Å². The molecule has 1 N–H and O–H groups in total. The number of aliphatic hydroxyl groups excluding tert-OH is 1. The molecule has 0 fully saturated rings. The van der Waals surface area contributed by atoms with Crippen LogP contribution in [-0.2, 0) is 13.0 Å². The predicted octanol–water partition coefficient (Wildman–Crippen LogP) is 2.92. The van der Waals surface area contributed by atoms with Gasteiger partial charge in [0.1, 0.15) is 11.3 Å². The second kappa shape index (κ2) is 5.35. The highest BCUT2D eigenvalue weighted by Gasteiger charge is 2.07. The first-order valence-corrected chi connectivity index (χ1v) is 6.40. The van der Waals surface area contributed by atoms with Gasteiger partial charge in [0.05, 0.1) is 13.7 Å². The summed E-state index contributed by atoms with van der Waals surface area (Å²) in [6.45, 7) is 0.0105. The second-order valence-electron chi connectivity index (χ2n) is 4.59. The highest BCUT2D eigenvalue weighted by Crippen LogP contribution is 2.20. The number of fused-ring (bicyclic) bond motifs is 1. The molecule has 0 unspecified atom stereocenters. The number of oxazole rings is 1. The van der Waals surface area contributed by atoms with Gasteiger partial charge in [0.15, 0.2) is 11.5 Å². The van der Waals surface area contributed by atoms with Crippen LogP contribution in [0, 0.1) is 0 Å². The van der Waals surface area contributed by atoms with E-state index < -0.39 is 0 Å². The zero-order valence-corrected chi connectivity index (χ0v) is 11.2. The van der Waals surface area contributed by atoms with Crippen molar-refractivity contribution in [3.05, 3.63) is 59.5 Å². The Hall–Kier alpha value is -2.33. The first-order chi connectivity index (χ1) is 9.78. The van der Waals surface area contributed by atoms with Gasteiger partial charge in [0.25, 0.3) is 0 Å². The van der Waals surface area contributed by atoms with E-state index in [2.05, 4.69) is 4.98 Å². The number of methoxy groups -OCH3 is 1. The summed E-state index contributed by atoms with van der Waals surface area (Å²) in [7, 11) is 1.65. The normalized spacial score (nSPS) is 10.9. The van der Waals surface area contributed by atoms with Gasteiger partial charge in [-0.1, -0.05) is 18.2 Å². The maximum absolute atomic E-state index is 9.12. The van der Waals surface area contributed by atoms with Crippen LogP contribution < -0.4 is 4.74 Å². The number of hydrogen-bond donors (Lipinski definition) is 1. The van der Waals surface area contributed by atoms with Crippen LogP contribution in [0.4, 0.5) is 0 Å². The molecule has 0 radical (unpaired) electrons. The van der Waals surface area contributed by atoms with Crippen LogP contribution >= 0.6 is 0 Å². The van der Waals surface area contributed by atoms with Crippen molar-refractivity contribution in [2.75, 3.05) is 7.11 Å². The lowest BCUT2D eigenvalue weighted by molar-refractivity contribution is 0.282. The van der Waals surface area contributed by atoms with E-state index in [9.17, 15) is 0 Å². The summed E-state index contributed by atoms with van der Waals surface area (Å²) < 4.78 is 10.8. The van der Waals surface area contributed by atoms with E-state index in [1.165, 1.54) is 0 Å². The fourth-order valence-electron chi connectivity index (χ4n) is 2.11. The molecule has 0 spiro atoms. The summed E-state index contributed by atoms with van der Waals surface area (Å²) >= 11 is 0. The smallest absolute Gasteiger partial charge is 0.199 e. The molecule has 1 aromatic heterocycles. The van der Waals surface area contributed by atoms with Crippen molar-refractivity contribution < 1.29 is 14.3 Å². The molecule has 3 aromatic rings. The Morgan fingerprint density at radius 3 is 2.55 bits per heavy atom. The number of hydrogen-bond acceptors (Lipinski definition) is 4. The molecular weight excluding hydrogens is 254 g/mol. The molecule has 2 aromatic carbocycles. The van der Waals surface area contributed by atoms with Crippen LogP contribution in [0.5, 0.6) is 5.75 Å². The van der Waals surface area contributed by atoms with Crippen LogP contribution in [0.3, 0.4) is 0 Å². The highest BCUT2D eigenvalue weighted by atomic mass is 16.5. The van der Waals surface area contributed by atoms with Crippen LogP contribution in [0.1, 0.15) is 17.0 Å². The molecule has 0 aliphatic heterocycles. The molecule has 0 bridgehead atoms. The fraction of sp³-hybridized carbons (Fsp3) is 0.188. The molecule has 0 saturated carbocycles. The van der Waals surface area contributed by atoms with Crippen LogP contribution in [0.2, 0.25) is 0 Å². The third-order valence-electron chi connectivity index (χ3n) is 3.19. The maximum atomic E-state index is 9.12. The van der Waals surface area contributed by atoms with Gasteiger partial charge in [0, 0.05) is 6.42 Å². The zero-order valence-electron chi connectivity index (χ0n) is 11.2. The Morgan fingerprint density at radius 1 is 1.10 bits per heavy atom. The molecular formula is C16H15NO3. The first kappa shape index (κ1) is 12.7. The SMILES string of the molecule is COc1ccc(Cc2nc3cc(CO)ccc3o2)cc1. The summed E-state index contributed by atoms with van der Waals surface area (Å²) in [6.07, 6.45) is 0.632. The van der Waals surface area contributed by atoms with E-state index in [0.717, 1.165) is 28.0 Å². The quantitative estimate of drug-likeness (QED) is 0.791. The summed E-state index contributed by atoms with van der Waals surface area (Å²) in [5.41, 5.74) is 3.47. The number of ether oxygens (including phenoxy) is 1. The lowest BCUT2D eigenvalue weighted by atomic mass is 10.1. The molecule has 3 rings (SSSR count). The van der Waals surface area contributed by atoms with Gasteiger partial charge in [-0.2, -0.15) is 0 Å². The summed E-state index contributed by atoms with van der Waals surface area (Å²) in [5.74, 6) is 1.50. The van der Waals surface area contributed by atoms with Gasteiger partial charge < -0.3 is 14.3 Å². The minimum absolute atomic E-state index is 0.0105. The van der Waals surface area contributed by atoms with E-state index in [1.54, 1.807) is 7.11 Å². The van der Waals surface area contributed by atoms with Gasteiger partial charge in [-0.15, -0.1) is 0 Å². The number of aliphatic hydroxyl groups is 1. The molecule has 4 heteroatoms. The highest BCUT2D eigenvalue weighted by molar-refractivity contribution is 5.73. The van der Waals surface area contributed by atoms with Gasteiger partial charge in [-0.05, 0) is 35.4 Å². The van der Waals surface area contributed by atoms with Crippen molar-refractivity contribution in [2.45, 2.75) is 13.0 Å². The van der Waals surface area contributed by atoms with Gasteiger partial charge >= 0.3 is 0 Å². The zero-order chi connectivity index (χ0) is 13.9. The van der Waals surface area contributed by atoms with E-state index in [1.807, 2.05) is 42.5 Å². The average Bonchev–Trinajstić information content (AvgIpc) is 2.89. The maximum Gasteiger partial charge on any atom is 0.199 e. The molecule has 1 heterocycles. The van der Waals surface area contributed by atoms with Crippen LogP contribution in [-0.4, -0.2) is 17.2 Å². The Morgan fingerprint density at radius 2 is 1.85 bits per heavy atom. The number of aromatic nitrogens is 1. The van der Waals surface area contributed by atoms with Crippen molar-refractivity contribution in [2.24, 2.45) is 0 Å². The summed E-state index contributed by atoms with van der Waals surface area (Å²) in [5, 5.41) is 9.12. The Kier molecular flexibility index (Phi) is 3.39. The van der Waals surface area contributed by atoms with Crippen molar-refractivity contribution in [3.63, 3.8) is 0 Å². The third kappa shape index (κ3) is 2.51. The van der Waals surface area contributed by atoms with Gasteiger partial charge in [-0.25, -0.2) is 4.98 Å². The Labute approximate surface area is 116 Å². The molecule has 0 aliphatic carbocycles. The molecule has 0 saturated heterocycles. The topological polar surface area (TPSA) is 55.5 Å². The monoisotopic (exact) mass is 269 g/mol. The minimum atomic E-state index is 0.0105. The molecule has 20 heavy (non-hydrogen) atoms. The summed E-state index contributed by atoms with van der Waals surface area (Å²) in [6, 6.07) is 13.3. The number of benzene rings is 2. The minimum Gasteiger partial charge on any atom is -0.497 e. The average molecular weight is 269 g/mol. The van der Waals surface area contributed by atoms with Crippen LogP contribution in [0.25, 0.3) is 11.1 Å². The number of nitrogens with zero attached hydrogens (tertiary/aromatic N) is 1. The molecule has 102 valence electrons. The largest absolute Gasteiger partial charge is 0.497 e. The van der Waals surface area contributed by atoms with Crippen molar-refractivity contribution in [1.82, 2.24) is 4.98 Å². The van der Waals surface area contributed by atoms with E-state index in [4.69, 9.17) is 14.3 Å². The lowest BCUT2D eigenvalue weighted by Gasteiger charge is -2.00. The van der Waals surface area contributed by atoms with Gasteiger partial charge in [0.2, 0.25) is 0 Å². The lowest BCUT2D eigenvalue weighted by Crippen LogP contribution is -1.89. The first-order valence-electron chi connectivity index (χ1n) is 6.40. The fourth-order valence-corrected chi connectivity index (χ4v) is 2.11. The summed E-state index contributed by atoms with van der Waals surface area (Å²) in [4.78, 5) is 4.45. The Balaban J connectivity index is 1.86. The standard InChI is InChI=1S/C16H15NO3/c1-19-13-5-2-11(3-6-13)9-16-17-14-8-12(10-18)4-7-15(14)20-16/h2-8,18H,9-10H2,1H3. The molecule has 0 amide bonds. The predicted molar refractivity (Wildman–Crippen MR) is 75.7 cm³/mol. The Bertz CT molecular complexity index is 716. The second-order valence-corrected chi connectivity index (χ2v) is 4.59. The number of rotatable bonds is 4. The molecule has 4 nitrogen and oxygen atoms in total. The molecule has 0 atom stereocenters. The van der Waals surface area contributed by atoms with E-state index in [-0.39, 0.29) is 6.61 Å².